The monoisotopic (exact) mass is 469 g/mol. The summed E-state index contributed by atoms with van der Waals surface area (Å²) in [6.07, 6.45) is 0. The smallest absolute Gasteiger partial charge is 0.139 e. The number of likely N-dealkylation sites (N-methyl/N-ethyl adjacent to an activating group) is 1. The molecule has 0 saturated carbocycles. The molecule has 0 bridgehead atoms. The molecule has 9 heteroatoms. The summed E-state index contributed by atoms with van der Waals surface area (Å²) in [5.74, 6) is 1.12. The predicted molar refractivity (Wildman–Crippen MR) is 128 cm³/mol. The first-order chi connectivity index (χ1) is 15.3. The lowest BCUT2D eigenvalue weighted by Crippen LogP contribution is -2.47. The Morgan fingerprint density at radius 2 is 1.66 bits per heavy atom. The molecule has 32 heavy (non-hydrogen) atoms. The third-order valence-electron chi connectivity index (χ3n) is 5.31. The van der Waals surface area contributed by atoms with Gasteiger partial charge < -0.3 is 19.7 Å². The van der Waals surface area contributed by atoms with Crippen molar-refractivity contribution in [3.8, 4) is 0 Å². The molecule has 0 spiro atoms. The van der Waals surface area contributed by atoms with Gasteiger partial charge in [0.15, 0.2) is 0 Å². The van der Waals surface area contributed by atoms with Crippen LogP contribution in [-0.4, -0.2) is 61.8 Å². The van der Waals surface area contributed by atoms with Crippen LogP contribution in [0.25, 0.3) is 0 Å². The Balaban J connectivity index is 0.000000207. The number of anilines is 2. The van der Waals surface area contributed by atoms with Gasteiger partial charge in [-0.2, -0.15) is 0 Å². The van der Waals surface area contributed by atoms with Gasteiger partial charge in [0.25, 0.3) is 0 Å². The Morgan fingerprint density at radius 1 is 1.00 bits per heavy atom. The first-order valence-corrected chi connectivity index (χ1v) is 12.5. The minimum Gasteiger partial charge on any atom is -0.744 e. The average molecular weight is 470 g/mol. The maximum Gasteiger partial charge on any atom is 0.139 e. The summed E-state index contributed by atoms with van der Waals surface area (Å²) >= 11 is 1.81. The van der Waals surface area contributed by atoms with Gasteiger partial charge in [0, 0.05) is 31.1 Å². The number of thiophene rings is 1. The molecule has 5 rings (SSSR count). The van der Waals surface area contributed by atoms with Crippen molar-refractivity contribution in [3.63, 3.8) is 0 Å². The van der Waals surface area contributed by atoms with Gasteiger partial charge in [0.05, 0.1) is 21.8 Å². The van der Waals surface area contributed by atoms with Crippen molar-refractivity contribution in [2.75, 3.05) is 38.5 Å². The maximum atomic E-state index is 10.3. The molecule has 0 aliphatic carbocycles. The molecular weight excluding hydrogens is 444 g/mol. The van der Waals surface area contributed by atoms with Gasteiger partial charge in [-0.05, 0) is 44.3 Å². The van der Waals surface area contributed by atoms with E-state index in [0.717, 1.165) is 43.4 Å². The number of aryl methyl sites for hydroxylation is 1. The summed E-state index contributed by atoms with van der Waals surface area (Å²) in [7, 11) is -2.07. The Kier molecular flexibility index (Phi) is 6.61. The fraction of sp³-hybridized carbons (Fsp3) is 0.261. The number of aliphatic imine (C=N–C) groups is 1. The van der Waals surface area contributed by atoms with Crippen LogP contribution >= 0.6 is 11.3 Å². The molecule has 2 aliphatic heterocycles. The van der Waals surface area contributed by atoms with Crippen LogP contribution in [0.2, 0.25) is 0 Å². The van der Waals surface area contributed by atoms with Gasteiger partial charge in [-0.1, -0.05) is 30.3 Å². The molecule has 168 valence electrons. The lowest BCUT2D eigenvalue weighted by molar-refractivity contribution is 0.216. The van der Waals surface area contributed by atoms with E-state index in [1.54, 1.807) is 17.4 Å². The second-order valence-corrected chi connectivity index (χ2v) is 10.4. The molecule has 3 heterocycles. The summed E-state index contributed by atoms with van der Waals surface area (Å²) in [5.41, 5.74) is 3.36. The molecule has 2 aliphatic rings. The topological polar surface area (TPSA) is 88.1 Å². The Labute approximate surface area is 192 Å². The van der Waals surface area contributed by atoms with Crippen molar-refractivity contribution in [2.24, 2.45) is 4.99 Å². The lowest BCUT2D eigenvalue weighted by atomic mass is 10.2. The van der Waals surface area contributed by atoms with E-state index in [2.05, 4.69) is 59.4 Å². The molecule has 1 saturated heterocycles. The number of hydrogen-bond acceptors (Lipinski definition) is 8. The highest BCUT2D eigenvalue weighted by atomic mass is 32.2. The molecule has 1 fully saturated rings. The van der Waals surface area contributed by atoms with Crippen LogP contribution in [0, 0.1) is 6.92 Å². The van der Waals surface area contributed by atoms with Crippen LogP contribution in [0.15, 0.2) is 70.6 Å². The Bertz CT molecular complexity index is 1220. The summed E-state index contributed by atoms with van der Waals surface area (Å²) in [6, 6.07) is 17.7. The van der Waals surface area contributed by atoms with Crippen LogP contribution in [0.3, 0.4) is 0 Å². The first kappa shape index (κ1) is 22.5. The summed E-state index contributed by atoms with van der Waals surface area (Å²) in [4.78, 5) is 10.9. The molecule has 0 amide bonds. The van der Waals surface area contributed by atoms with E-state index >= 15 is 0 Å². The number of para-hydroxylation sites is 2. The largest absolute Gasteiger partial charge is 0.744 e. The zero-order valence-electron chi connectivity index (χ0n) is 18.0. The van der Waals surface area contributed by atoms with Gasteiger partial charge in [-0.25, -0.2) is 13.4 Å². The van der Waals surface area contributed by atoms with Gasteiger partial charge in [0.1, 0.15) is 21.0 Å². The molecule has 2 aromatic carbocycles. The van der Waals surface area contributed by atoms with Crippen LogP contribution in [-0.2, 0) is 10.1 Å². The summed E-state index contributed by atoms with van der Waals surface area (Å²) in [6.45, 7) is 6.41. The molecular formula is C23H25N4O3S2-. The fourth-order valence-electron chi connectivity index (χ4n) is 3.59. The molecule has 1 aromatic heterocycles. The predicted octanol–water partition coefficient (Wildman–Crippen LogP) is 4.03. The number of benzene rings is 2. The standard InChI is InChI=1S/C17H20N4S.C6H6O3S/c1-12-11-13-16(21-9-7-20(2)8-10-21)18-14-5-3-4-6-15(14)19-17(13)22-12;7-10(8,9)6-4-2-1-3-5-6/h3-6,11,19H,7-10H2,1-2H3;1-5H,(H,7,8,9)/p-1. The van der Waals surface area contributed by atoms with E-state index in [4.69, 9.17) is 4.99 Å². The quantitative estimate of drug-likeness (QED) is 0.542. The molecule has 7 nitrogen and oxygen atoms in total. The van der Waals surface area contributed by atoms with E-state index < -0.39 is 10.1 Å². The maximum absolute atomic E-state index is 10.3. The van der Waals surface area contributed by atoms with Crippen molar-refractivity contribution in [1.29, 1.82) is 0 Å². The zero-order chi connectivity index (χ0) is 22.7. The molecule has 0 atom stereocenters. The highest BCUT2D eigenvalue weighted by Crippen LogP contribution is 2.39. The minimum absolute atomic E-state index is 0.185. The average Bonchev–Trinajstić information content (AvgIpc) is 3.06. The summed E-state index contributed by atoms with van der Waals surface area (Å²) in [5, 5.41) is 4.78. The van der Waals surface area contributed by atoms with Gasteiger partial charge in [-0.15, -0.1) is 11.3 Å². The third-order valence-corrected chi connectivity index (χ3v) is 7.12. The zero-order valence-corrected chi connectivity index (χ0v) is 19.6. The third kappa shape index (κ3) is 5.18. The van der Waals surface area contributed by atoms with Gasteiger partial charge in [-0.3, -0.25) is 0 Å². The number of amidine groups is 1. The molecule has 1 N–H and O–H groups in total. The van der Waals surface area contributed by atoms with Crippen LogP contribution in [0.1, 0.15) is 10.4 Å². The number of rotatable bonds is 1. The normalized spacial score (nSPS) is 16.0. The minimum atomic E-state index is -4.25. The second-order valence-electron chi connectivity index (χ2n) is 7.73. The van der Waals surface area contributed by atoms with E-state index in [1.165, 1.54) is 39.7 Å². The number of nitrogens with zero attached hydrogens (tertiary/aromatic N) is 3. The van der Waals surface area contributed by atoms with Crippen molar-refractivity contribution < 1.29 is 13.0 Å². The van der Waals surface area contributed by atoms with E-state index in [0.29, 0.717) is 0 Å². The second kappa shape index (κ2) is 9.41. The molecule has 0 radical (unpaired) electrons. The number of fused-ring (bicyclic) bond motifs is 2. The van der Waals surface area contributed by atoms with Gasteiger partial charge >= 0.3 is 0 Å². The van der Waals surface area contributed by atoms with Crippen molar-refractivity contribution >= 4 is 43.7 Å². The van der Waals surface area contributed by atoms with Gasteiger partial charge in [0.2, 0.25) is 0 Å². The lowest BCUT2D eigenvalue weighted by Gasteiger charge is -2.34. The SMILES string of the molecule is Cc1cc2c(s1)Nc1ccccc1N=C2N1CCN(C)CC1.O=S(=O)([O-])c1ccccc1. The van der Waals surface area contributed by atoms with E-state index in [1.807, 2.05) is 0 Å². The number of nitrogens with one attached hydrogen (secondary N) is 1. The van der Waals surface area contributed by atoms with Crippen molar-refractivity contribution in [2.45, 2.75) is 11.8 Å². The van der Waals surface area contributed by atoms with Crippen LogP contribution in [0.4, 0.5) is 16.4 Å². The highest BCUT2D eigenvalue weighted by molar-refractivity contribution is 7.85. The highest BCUT2D eigenvalue weighted by Gasteiger charge is 2.25. The van der Waals surface area contributed by atoms with Crippen molar-refractivity contribution in [3.05, 3.63) is 71.1 Å². The molecule has 0 unspecified atom stereocenters. The van der Waals surface area contributed by atoms with Crippen LogP contribution in [0.5, 0.6) is 0 Å². The summed E-state index contributed by atoms with van der Waals surface area (Å²) < 4.78 is 30.8. The molecule has 3 aromatic rings. The number of piperazine rings is 1. The Morgan fingerprint density at radius 3 is 2.31 bits per heavy atom. The van der Waals surface area contributed by atoms with E-state index in [-0.39, 0.29) is 4.90 Å². The Hall–Kier alpha value is -2.72. The first-order valence-electron chi connectivity index (χ1n) is 10.3. The van der Waals surface area contributed by atoms with Crippen LogP contribution < -0.4 is 5.32 Å². The fourth-order valence-corrected chi connectivity index (χ4v) is 5.00. The number of hydrogen-bond donors (Lipinski definition) is 1. The van der Waals surface area contributed by atoms with E-state index in [9.17, 15) is 13.0 Å². The van der Waals surface area contributed by atoms with Crippen molar-refractivity contribution in [1.82, 2.24) is 9.80 Å².